The minimum absolute atomic E-state index is 0.153. The van der Waals surface area contributed by atoms with Crippen LogP contribution in [0.15, 0.2) is 11.6 Å². The Hall–Kier alpha value is -0.300. The zero-order chi connectivity index (χ0) is 22.4. The molecule has 0 aromatic heterocycles. The van der Waals surface area contributed by atoms with E-state index in [4.69, 9.17) is 0 Å². The van der Waals surface area contributed by atoms with Crippen molar-refractivity contribution in [3.05, 3.63) is 11.6 Å². The number of hydrogen-bond donors (Lipinski definition) is 1. The van der Waals surface area contributed by atoms with E-state index >= 15 is 0 Å². The van der Waals surface area contributed by atoms with Gasteiger partial charge in [-0.2, -0.15) is 0 Å². The van der Waals surface area contributed by atoms with E-state index in [2.05, 4.69) is 54.5 Å². The van der Waals surface area contributed by atoms with Crippen molar-refractivity contribution in [3.8, 4) is 0 Å². The maximum absolute atomic E-state index is 11.1. The predicted molar refractivity (Wildman–Crippen MR) is 131 cm³/mol. The fraction of sp³-hybridized carbons (Fsp3) is 0.933. The Morgan fingerprint density at radius 2 is 1.52 bits per heavy atom. The second-order valence-electron chi connectivity index (χ2n) is 14.2. The van der Waals surface area contributed by atoms with Gasteiger partial charge >= 0.3 is 0 Å². The Balaban J connectivity index is 1.56. The lowest BCUT2D eigenvalue weighted by Gasteiger charge is -2.73. The minimum Gasteiger partial charge on any atom is -0.396 e. The summed E-state index contributed by atoms with van der Waals surface area (Å²) in [7, 11) is 0. The Morgan fingerprint density at radius 3 is 2.19 bits per heavy atom. The lowest BCUT2D eigenvalue weighted by atomic mass is 9.31. The Morgan fingerprint density at radius 1 is 0.839 bits per heavy atom. The molecular weight excluding hydrogens is 376 g/mol. The summed E-state index contributed by atoms with van der Waals surface area (Å²) < 4.78 is 0. The summed E-state index contributed by atoms with van der Waals surface area (Å²) >= 11 is 0. The van der Waals surface area contributed by atoms with Crippen LogP contribution in [-0.4, -0.2) is 11.7 Å². The Bertz CT molecular complexity index is 766. The molecule has 1 N–H and O–H groups in total. The molecule has 0 spiro atoms. The molecule has 5 rings (SSSR count). The fourth-order valence-electron chi connectivity index (χ4n) is 11.7. The van der Waals surface area contributed by atoms with Gasteiger partial charge in [-0.3, -0.25) is 0 Å². The smallest absolute Gasteiger partial charge is 0.0493 e. The van der Waals surface area contributed by atoms with Gasteiger partial charge in [0.2, 0.25) is 0 Å². The fourth-order valence-corrected chi connectivity index (χ4v) is 11.7. The molecular formula is C30H50O. The normalized spacial score (nSPS) is 56.4. The molecule has 0 aromatic carbocycles. The zero-order valence-electron chi connectivity index (χ0n) is 21.7. The molecule has 5 aliphatic rings. The van der Waals surface area contributed by atoms with Gasteiger partial charge in [-0.05, 0) is 122 Å². The van der Waals surface area contributed by atoms with Gasteiger partial charge in [-0.1, -0.05) is 53.2 Å². The zero-order valence-corrected chi connectivity index (χ0v) is 21.7. The first-order valence-corrected chi connectivity index (χ1v) is 13.8. The second-order valence-corrected chi connectivity index (χ2v) is 14.2. The van der Waals surface area contributed by atoms with E-state index in [0.717, 1.165) is 17.8 Å². The van der Waals surface area contributed by atoms with Crippen LogP contribution in [0.3, 0.4) is 0 Å². The van der Waals surface area contributed by atoms with Gasteiger partial charge in [0.15, 0.2) is 0 Å². The topological polar surface area (TPSA) is 20.2 Å². The molecule has 176 valence electrons. The maximum Gasteiger partial charge on any atom is 0.0493 e. The molecule has 4 fully saturated rings. The van der Waals surface area contributed by atoms with Crippen molar-refractivity contribution in [3.63, 3.8) is 0 Å². The van der Waals surface area contributed by atoms with Gasteiger partial charge in [0, 0.05) is 12.0 Å². The van der Waals surface area contributed by atoms with Crippen molar-refractivity contribution >= 4 is 0 Å². The molecule has 0 aromatic rings. The number of aliphatic hydroxyl groups excluding tert-OH is 1. The highest BCUT2D eigenvalue weighted by atomic mass is 16.3. The third-order valence-electron chi connectivity index (χ3n) is 13.6. The highest BCUT2D eigenvalue weighted by Gasteiger charge is 2.71. The molecule has 0 radical (unpaired) electrons. The number of allylic oxidation sites excluding steroid dienone is 2. The quantitative estimate of drug-likeness (QED) is 0.443. The monoisotopic (exact) mass is 426 g/mol. The van der Waals surface area contributed by atoms with E-state index in [-0.39, 0.29) is 5.41 Å². The van der Waals surface area contributed by atoms with Crippen LogP contribution in [0.1, 0.15) is 113 Å². The standard InChI is InChI=1S/C30H50O/c1-20(2)22-11-12-23-27(22,5)15-16-29(7)25-13-14-26(4)21(3)9-8-10-24(26)30(25,19-31)18-17-28(23,29)6/h9,20,22-25,31H,8,10-19H2,1-7H3/t22?,23-,24-,25-,26-,27-,28+,29-,30-/m1/s1. The van der Waals surface area contributed by atoms with Crippen LogP contribution < -0.4 is 0 Å². The van der Waals surface area contributed by atoms with Crippen LogP contribution in [0, 0.1) is 56.7 Å². The van der Waals surface area contributed by atoms with E-state index in [9.17, 15) is 5.11 Å². The molecule has 0 saturated heterocycles. The van der Waals surface area contributed by atoms with Crippen molar-refractivity contribution in [2.75, 3.05) is 6.61 Å². The Labute approximate surface area is 192 Å². The summed E-state index contributed by atoms with van der Waals surface area (Å²) in [6, 6.07) is 0. The predicted octanol–water partition coefficient (Wildman–Crippen LogP) is 8.03. The first kappa shape index (κ1) is 22.5. The van der Waals surface area contributed by atoms with Gasteiger partial charge in [-0.15, -0.1) is 0 Å². The van der Waals surface area contributed by atoms with Crippen molar-refractivity contribution < 1.29 is 5.11 Å². The molecule has 0 aliphatic heterocycles. The summed E-state index contributed by atoms with van der Waals surface area (Å²) in [4.78, 5) is 0. The molecule has 4 saturated carbocycles. The molecule has 31 heavy (non-hydrogen) atoms. The van der Waals surface area contributed by atoms with E-state index in [1.165, 1.54) is 64.2 Å². The van der Waals surface area contributed by atoms with Gasteiger partial charge < -0.3 is 5.11 Å². The summed E-state index contributed by atoms with van der Waals surface area (Å²) in [5.74, 6) is 3.98. The molecule has 1 heteroatoms. The summed E-state index contributed by atoms with van der Waals surface area (Å²) in [6.07, 6.45) is 16.1. The lowest BCUT2D eigenvalue weighted by molar-refractivity contribution is -0.249. The molecule has 9 atom stereocenters. The highest BCUT2D eigenvalue weighted by molar-refractivity contribution is 5.26. The number of aliphatic hydroxyl groups is 1. The van der Waals surface area contributed by atoms with Crippen LogP contribution in [0.2, 0.25) is 0 Å². The van der Waals surface area contributed by atoms with Gasteiger partial charge in [-0.25, -0.2) is 0 Å². The van der Waals surface area contributed by atoms with Crippen LogP contribution >= 0.6 is 0 Å². The number of hydrogen-bond acceptors (Lipinski definition) is 1. The third-order valence-corrected chi connectivity index (χ3v) is 13.6. The largest absolute Gasteiger partial charge is 0.396 e. The van der Waals surface area contributed by atoms with Gasteiger partial charge in [0.05, 0.1) is 0 Å². The van der Waals surface area contributed by atoms with Gasteiger partial charge in [0.1, 0.15) is 0 Å². The number of fused-ring (bicyclic) bond motifs is 7. The van der Waals surface area contributed by atoms with Crippen LogP contribution in [-0.2, 0) is 0 Å². The maximum atomic E-state index is 11.1. The third kappa shape index (κ3) is 2.54. The van der Waals surface area contributed by atoms with E-state index < -0.39 is 0 Å². The van der Waals surface area contributed by atoms with Crippen LogP contribution in [0.4, 0.5) is 0 Å². The van der Waals surface area contributed by atoms with Gasteiger partial charge in [0.25, 0.3) is 0 Å². The first-order chi connectivity index (χ1) is 14.5. The SMILES string of the molecule is CC1=CCC[C@H]2[C@]3(CO)CC[C@@]4(C)[C@@H]5CCC(C(C)C)[C@@]5(C)CC[C@]4(C)[C@H]3CC[C@]12C. The molecule has 0 amide bonds. The molecule has 1 nitrogen and oxygen atoms in total. The van der Waals surface area contributed by atoms with Crippen LogP contribution in [0.25, 0.3) is 0 Å². The van der Waals surface area contributed by atoms with Crippen molar-refractivity contribution in [1.29, 1.82) is 0 Å². The van der Waals surface area contributed by atoms with E-state index in [0.29, 0.717) is 40.1 Å². The molecule has 1 unspecified atom stereocenters. The van der Waals surface area contributed by atoms with E-state index in [1.54, 1.807) is 5.57 Å². The Kier molecular flexibility index (Phi) is 4.98. The number of rotatable bonds is 2. The molecule has 0 heterocycles. The summed E-state index contributed by atoms with van der Waals surface area (Å²) in [5, 5.41) is 11.1. The van der Waals surface area contributed by atoms with Crippen molar-refractivity contribution in [1.82, 2.24) is 0 Å². The average molecular weight is 427 g/mol. The van der Waals surface area contributed by atoms with Crippen molar-refractivity contribution in [2.45, 2.75) is 113 Å². The average Bonchev–Trinajstić information content (AvgIpc) is 3.09. The summed E-state index contributed by atoms with van der Waals surface area (Å²) in [6.45, 7) is 18.4. The summed E-state index contributed by atoms with van der Waals surface area (Å²) in [5.41, 5.74) is 3.47. The molecule has 5 aliphatic carbocycles. The van der Waals surface area contributed by atoms with Crippen LogP contribution in [0.5, 0.6) is 0 Å². The lowest BCUT2D eigenvalue weighted by Crippen LogP contribution is -2.67. The van der Waals surface area contributed by atoms with E-state index in [1.807, 2.05) is 0 Å². The highest BCUT2D eigenvalue weighted by Crippen LogP contribution is 2.78. The first-order valence-electron chi connectivity index (χ1n) is 13.8. The minimum atomic E-state index is 0.153. The molecule has 0 bridgehead atoms. The second kappa shape index (κ2) is 6.86. The van der Waals surface area contributed by atoms with Crippen molar-refractivity contribution in [2.24, 2.45) is 56.7 Å².